The Morgan fingerprint density at radius 3 is 2.77 bits per heavy atom. The van der Waals surface area contributed by atoms with E-state index < -0.39 is 4.92 Å². The number of rotatable bonds is 9. The van der Waals surface area contributed by atoms with Crippen LogP contribution >= 0.6 is 0 Å². The van der Waals surface area contributed by atoms with Crippen molar-refractivity contribution in [1.29, 1.82) is 0 Å². The highest BCUT2D eigenvalue weighted by atomic mass is 16.6. The number of benzene rings is 2. The molecule has 2 aromatic carbocycles. The van der Waals surface area contributed by atoms with Gasteiger partial charge in [0.15, 0.2) is 0 Å². The molecule has 1 N–H and O–H groups in total. The Morgan fingerprint density at radius 1 is 1.16 bits per heavy atom. The van der Waals surface area contributed by atoms with Gasteiger partial charge in [0.25, 0.3) is 0 Å². The zero-order chi connectivity index (χ0) is 21.6. The molecule has 2 aromatic heterocycles. The first kappa shape index (κ1) is 20.3. The summed E-state index contributed by atoms with van der Waals surface area (Å²) in [6.45, 7) is 3.77. The molecule has 0 atom stereocenters. The van der Waals surface area contributed by atoms with E-state index in [2.05, 4.69) is 20.3 Å². The second-order valence-electron chi connectivity index (χ2n) is 6.97. The van der Waals surface area contributed by atoms with Crippen molar-refractivity contribution < 1.29 is 4.92 Å². The first-order valence-corrected chi connectivity index (χ1v) is 10.1. The molecule has 0 unspecified atom stereocenters. The van der Waals surface area contributed by atoms with Crippen molar-refractivity contribution in [2.45, 2.75) is 19.9 Å². The lowest BCUT2D eigenvalue weighted by Gasteiger charge is -2.24. The molecule has 0 spiro atoms. The Labute approximate surface area is 179 Å². The Bertz CT molecular complexity index is 1170. The maximum Gasteiger partial charge on any atom is 0.353 e. The van der Waals surface area contributed by atoms with Crippen LogP contribution in [-0.2, 0) is 6.54 Å². The molecule has 0 fully saturated rings. The average molecular weight is 417 g/mol. The number of nitro groups is 1. The predicted octanol–water partition coefficient (Wildman–Crippen LogP) is 4.39. The second kappa shape index (κ2) is 9.21. The maximum atomic E-state index is 12.0. The maximum absolute atomic E-state index is 12.0. The smallest absolute Gasteiger partial charge is 0.353 e. The van der Waals surface area contributed by atoms with Gasteiger partial charge < -0.3 is 14.8 Å². The molecule has 0 aliphatic heterocycles. The lowest BCUT2D eigenvalue weighted by molar-refractivity contribution is -0.383. The number of hydrogen-bond acceptors (Lipinski definition) is 7. The van der Waals surface area contributed by atoms with Crippen molar-refractivity contribution in [3.05, 3.63) is 77.6 Å². The van der Waals surface area contributed by atoms with E-state index in [1.165, 1.54) is 6.33 Å². The van der Waals surface area contributed by atoms with Crippen LogP contribution < -0.4 is 10.2 Å². The molecule has 4 rings (SSSR count). The van der Waals surface area contributed by atoms with Gasteiger partial charge in [-0.3, -0.25) is 10.1 Å². The van der Waals surface area contributed by atoms with Gasteiger partial charge >= 0.3 is 5.69 Å². The van der Waals surface area contributed by atoms with Crippen LogP contribution in [0.1, 0.15) is 13.3 Å². The van der Waals surface area contributed by atoms with Crippen molar-refractivity contribution in [3.63, 3.8) is 0 Å². The van der Waals surface area contributed by atoms with Gasteiger partial charge in [0.05, 0.1) is 16.9 Å². The van der Waals surface area contributed by atoms with Crippen molar-refractivity contribution in [2.75, 3.05) is 23.3 Å². The number of aromatic nitrogens is 4. The van der Waals surface area contributed by atoms with Crippen molar-refractivity contribution in [2.24, 2.45) is 0 Å². The summed E-state index contributed by atoms with van der Waals surface area (Å²) in [5.41, 5.74) is 0.744. The highest BCUT2D eigenvalue weighted by molar-refractivity contribution is 5.96. The number of anilines is 3. The minimum Gasteiger partial charge on any atom is -0.364 e. The van der Waals surface area contributed by atoms with Crippen LogP contribution in [0.5, 0.6) is 0 Å². The molecule has 9 heteroatoms. The van der Waals surface area contributed by atoms with Gasteiger partial charge in [0.1, 0.15) is 6.33 Å². The summed E-state index contributed by atoms with van der Waals surface area (Å²) in [6.07, 6.45) is 7.49. The van der Waals surface area contributed by atoms with Crippen LogP contribution in [0.4, 0.5) is 23.0 Å². The minimum absolute atomic E-state index is 0.125. The Hall–Kier alpha value is -4.01. The highest BCUT2D eigenvalue weighted by Gasteiger charge is 2.27. The SMILES string of the molecule is CCN(c1ncnc(NCCCn2ccnc2)c1[N+](=O)[O-])c1cccc2ccccc12. The zero-order valence-electron chi connectivity index (χ0n) is 17.2. The molecule has 0 saturated carbocycles. The number of hydrogen-bond donors (Lipinski definition) is 1. The number of fused-ring (bicyclic) bond motifs is 1. The topological polar surface area (TPSA) is 102 Å². The lowest BCUT2D eigenvalue weighted by Crippen LogP contribution is -2.20. The molecule has 9 nitrogen and oxygen atoms in total. The normalized spacial score (nSPS) is 10.9. The molecule has 2 heterocycles. The summed E-state index contributed by atoms with van der Waals surface area (Å²) in [5, 5.41) is 17.2. The number of aryl methyl sites for hydroxylation is 1. The number of nitrogens with one attached hydrogen (secondary N) is 1. The molecule has 0 bridgehead atoms. The van der Waals surface area contributed by atoms with Crippen LogP contribution in [0.2, 0.25) is 0 Å². The fourth-order valence-corrected chi connectivity index (χ4v) is 3.63. The molecular formula is C22H23N7O2. The van der Waals surface area contributed by atoms with E-state index in [4.69, 9.17) is 0 Å². The van der Waals surface area contributed by atoms with Gasteiger partial charge in [-0.2, -0.15) is 0 Å². The second-order valence-corrected chi connectivity index (χ2v) is 6.97. The molecule has 0 saturated heterocycles. The molecule has 0 radical (unpaired) electrons. The molecule has 0 aliphatic carbocycles. The van der Waals surface area contributed by atoms with Gasteiger partial charge in [-0.1, -0.05) is 36.4 Å². The Balaban J connectivity index is 1.65. The van der Waals surface area contributed by atoms with Gasteiger partial charge in [-0.15, -0.1) is 0 Å². The minimum atomic E-state index is -0.415. The van der Waals surface area contributed by atoms with E-state index in [0.29, 0.717) is 13.1 Å². The third-order valence-electron chi connectivity index (χ3n) is 5.06. The standard InChI is InChI=1S/C22H23N7O2/c1-2-28(19-10-5-8-17-7-3-4-9-18(17)19)22-20(29(30)31)21(25-15-26-22)24-11-6-13-27-14-12-23-16-27/h3-5,7-10,12,14-16H,2,6,11,13H2,1H3,(H,24,25,26). The molecule has 4 aromatic rings. The molecule has 0 amide bonds. The largest absolute Gasteiger partial charge is 0.364 e. The highest BCUT2D eigenvalue weighted by Crippen LogP contribution is 2.38. The van der Waals surface area contributed by atoms with E-state index in [9.17, 15) is 10.1 Å². The van der Waals surface area contributed by atoms with Gasteiger partial charge in [0.2, 0.25) is 11.6 Å². The predicted molar refractivity (Wildman–Crippen MR) is 121 cm³/mol. The zero-order valence-corrected chi connectivity index (χ0v) is 17.2. The summed E-state index contributed by atoms with van der Waals surface area (Å²) in [7, 11) is 0. The van der Waals surface area contributed by atoms with Crippen LogP contribution in [-0.4, -0.2) is 37.5 Å². The van der Waals surface area contributed by atoms with E-state index in [1.807, 2.05) is 65.1 Å². The number of imidazole rings is 1. The monoisotopic (exact) mass is 417 g/mol. The van der Waals surface area contributed by atoms with E-state index >= 15 is 0 Å². The average Bonchev–Trinajstić information content (AvgIpc) is 3.31. The van der Waals surface area contributed by atoms with Crippen molar-refractivity contribution >= 4 is 33.8 Å². The lowest BCUT2D eigenvalue weighted by atomic mass is 10.1. The summed E-state index contributed by atoms with van der Waals surface area (Å²) in [4.78, 5) is 25.9. The first-order chi connectivity index (χ1) is 15.2. The van der Waals surface area contributed by atoms with Gasteiger partial charge in [0, 0.05) is 37.4 Å². The number of nitrogens with zero attached hydrogens (tertiary/aromatic N) is 6. The molecule has 0 aliphatic rings. The van der Waals surface area contributed by atoms with Crippen molar-refractivity contribution in [3.8, 4) is 0 Å². The Morgan fingerprint density at radius 2 is 2.00 bits per heavy atom. The third-order valence-corrected chi connectivity index (χ3v) is 5.06. The summed E-state index contributed by atoms with van der Waals surface area (Å²) in [6, 6.07) is 13.9. The van der Waals surface area contributed by atoms with E-state index in [1.54, 1.807) is 12.5 Å². The fourth-order valence-electron chi connectivity index (χ4n) is 3.63. The van der Waals surface area contributed by atoms with E-state index in [-0.39, 0.29) is 17.3 Å². The third kappa shape index (κ3) is 4.30. The van der Waals surface area contributed by atoms with Crippen LogP contribution in [0.15, 0.2) is 67.5 Å². The van der Waals surface area contributed by atoms with Gasteiger partial charge in [-0.05, 0) is 24.8 Å². The van der Waals surface area contributed by atoms with E-state index in [0.717, 1.165) is 29.4 Å². The Kier molecular flexibility index (Phi) is 6.02. The van der Waals surface area contributed by atoms with Crippen LogP contribution in [0, 0.1) is 10.1 Å². The molecule has 31 heavy (non-hydrogen) atoms. The van der Waals surface area contributed by atoms with Crippen LogP contribution in [0.3, 0.4) is 0 Å². The van der Waals surface area contributed by atoms with Crippen molar-refractivity contribution in [1.82, 2.24) is 19.5 Å². The van der Waals surface area contributed by atoms with Crippen LogP contribution in [0.25, 0.3) is 10.8 Å². The summed E-state index contributed by atoms with van der Waals surface area (Å²) >= 11 is 0. The molecular weight excluding hydrogens is 394 g/mol. The first-order valence-electron chi connectivity index (χ1n) is 10.1. The fraction of sp³-hybridized carbons (Fsp3) is 0.227. The summed E-state index contributed by atoms with van der Waals surface area (Å²) < 4.78 is 1.96. The molecule has 158 valence electrons. The quantitative estimate of drug-likeness (QED) is 0.245. The summed E-state index contributed by atoms with van der Waals surface area (Å²) in [5.74, 6) is 0.496. The van der Waals surface area contributed by atoms with Gasteiger partial charge in [-0.25, -0.2) is 15.0 Å².